The molecule has 0 unspecified atom stereocenters. The number of benzene rings is 2. The van der Waals surface area contributed by atoms with E-state index in [1.807, 2.05) is 42.8 Å². The summed E-state index contributed by atoms with van der Waals surface area (Å²) in [6.07, 6.45) is 11.6. The van der Waals surface area contributed by atoms with Gasteiger partial charge in [-0.25, -0.2) is 4.21 Å². The number of aromatic nitrogens is 1. The minimum absolute atomic E-state index is 0.0120. The van der Waals surface area contributed by atoms with E-state index in [4.69, 9.17) is 25.8 Å². The summed E-state index contributed by atoms with van der Waals surface area (Å²) >= 11 is 6.48. The second-order valence-corrected chi connectivity index (χ2v) is 19.0. The maximum atomic E-state index is 14.8. The summed E-state index contributed by atoms with van der Waals surface area (Å²) in [5.41, 5.74) is 4.74. The largest absolute Gasteiger partial charge is 0.490 e. The number of nitrogens with one attached hydrogen (secondary N) is 1. The lowest BCUT2D eigenvalue weighted by Gasteiger charge is -2.46. The Morgan fingerprint density at radius 2 is 1.98 bits per heavy atom. The molecule has 2 aromatic carbocycles. The number of carbonyl (C=O) groups is 2. The lowest BCUT2D eigenvalue weighted by Crippen LogP contribution is -2.49. The van der Waals surface area contributed by atoms with Crippen molar-refractivity contribution in [3.8, 4) is 5.75 Å². The number of aryl methyl sites for hydroxylation is 2. The maximum absolute atomic E-state index is 14.8. The molecule has 11 nitrogen and oxygen atoms in total. The number of morpholine rings is 1. The van der Waals surface area contributed by atoms with Crippen LogP contribution in [0.1, 0.15) is 76.6 Å². The van der Waals surface area contributed by atoms with Crippen LogP contribution in [-0.4, -0.2) is 90.5 Å². The molecule has 0 radical (unpaired) electrons. The second-order valence-electron chi connectivity index (χ2n) is 16.6. The van der Waals surface area contributed by atoms with Crippen molar-refractivity contribution < 1.29 is 28.0 Å². The third kappa shape index (κ3) is 8.18. The van der Waals surface area contributed by atoms with Crippen molar-refractivity contribution in [3.05, 3.63) is 93.8 Å². The molecule has 2 aliphatic carbocycles. The Balaban J connectivity index is 1.14. The number of amides is 2. The fraction of sp³-hybridized carbons (Fsp3) is 0.535. The summed E-state index contributed by atoms with van der Waals surface area (Å²) in [5, 5.41) is 0.742. The van der Waals surface area contributed by atoms with E-state index >= 15 is 0 Å². The Bertz CT molecular complexity index is 2120. The van der Waals surface area contributed by atoms with E-state index in [2.05, 4.69) is 43.2 Å². The number of fused-ring (bicyclic) bond motifs is 4. The number of anilines is 1. The smallest absolute Gasteiger partial charge is 0.286 e. The molecule has 3 aliphatic heterocycles. The van der Waals surface area contributed by atoms with Gasteiger partial charge >= 0.3 is 0 Å². The molecule has 3 aromatic rings. The van der Waals surface area contributed by atoms with Crippen molar-refractivity contribution in [2.75, 3.05) is 63.8 Å². The summed E-state index contributed by atoms with van der Waals surface area (Å²) in [4.78, 5) is 32.7. The van der Waals surface area contributed by atoms with E-state index in [9.17, 15) is 13.8 Å². The Labute approximate surface area is 336 Å². The third-order valence-corrected chi connectivity index (χ3v) is 14.8. The van der Waals surface area contributed by atoms with Crippen molar-refractivity contribution in [1.29, 1.82) is 0 Å². The third-order valence-electron chi connectivity index (χ3n) is 12.6. The monoisotopic (exact) mass is 803 g/mol. The number of carbonyl (C=O) groups excluding carboxylic acids is 2. The number of hydrogen-bond acceptors (Lipinski definition) is 8. The van der Waals surface area contributed by atoms with E-state index in [-0.39, 0.29) is 23.2 Å². The molecular formula is C43H54ClN5O6S. The molecule has 1 aromatic heterocycles. The summed E-state index contributed by atoms with van der Waals surface area (Å²) < 4.78 is 42.1. The average molecular weight is 804 g/mol. The molecular weight excluding hydrogens is 750 g/mol. The number of rotatable bonds is 5. The molecule has 56 heavy (non-hydrogen) atoms. The van der Waals surface area contributed by atoms with Crippen LogP contribution in [0.2, 0.25) is 5.02 Å². The van der Waals surface area contributed by atoms with Gasteiger partial charge < -0.3 is 23.7 Å². The molecule has 1 N–H and O–H groups in total. The van der Waals surface area contributed by atoms with Crippen LogP contribution in [0.3, 0.4) is 0 Å². The highest BCUT2D eigenvalue weighted by molar-refractivity contribution is 7.92. The van der Waals surface area contributed by atoms with Crippen LogP contribution >= 0.6 is 11.6 Å². The summed E-state index contributed by atoms with van der Waals surface area (Å²) in [5.74, 6) is 0.137. The Hall–Kier alpha value is -3.68. The highest BCUT2D eigenvalue weighted by Gasteiger charge is 2.44. The Morgan fingerprint density at radius 1 is 1.14 bits per heavy atom. The number of methoxy groups -OCH3 is 1. The fourth-order valence-corrected chi connectivity index (χ4v) is 11.5. The number of allylic oxidation sites excluding steroid dienone is 1. The molecule has 6 atom stereocenters. The van der Waals surface area contributed by atoms with Crippen LogP contribution < -0.4 is 14.4 Å². The molecule has 8 rings (SSSR count). The Kier molecular flexibility index (Phi) is 11.4. The van der Waals surface area contributed by atoms with Gasteiger partial charge in [-0.15, -0.1) is 4.36 Å². The molecule has 2 fully saturated rings. The van der Waals surface area contributed by atoms with E-state index < -0.39 is 21.7 Å². The molecule has 5 aliphatic rings. The van der Waals surface area contributed by atoms with Gasteiger partial charge in [0.05, 0.1) is 42.9 Å². The van der Waals surface area contributed by atoms with Gasteiger partial charge in [-0.05, 0) is 104 Å². The predicted molar refractivity (Wildman–Crippen MR) is 219 cm³/mol. The summed E-state index contributed by atoms with van der Waals surface area (Å²) in [6.45, 7) is 7.63. The van der Waals surface area contributed by atoms with Crippen LogP contribution in [0.15, 0.2) is 65.2 Å². The van der Waals surface area contributed by atoms with Crippen molar-refractivity contribution >= 4 is 39.0 Å². The molecule has 4 heterocycles. The number of halogens is 1. The van der Waals surface area contributed by atoms with E-state index in [1.54, 1.807) is 19.4 Å². The fourth-order valence-electron chi connectivity index (χ4n) is 9.45. The number of nitrogens with zero attached hydrogens (tertiary/aromatic N) is 4. The Morgan fingerprint density at radius 3 is 2.77 bits per heavy atom. The average Bonchev–Trinajstić information content (AvgIpc) is 3.46. The first-order valence-corrected chi connectivity index (χ1v) is 22.1. The van der Waals surface area contributed by atoms with Gasteiger partial charge in [0.2, 0.25) is 0 Å². The number of ether oxygens (including phenoxy) is 3. The predicted octanol–water partition coefficient (Wildman–Crippen LogP) is 6.57. The molecule has 1 spiro atoms. The van der Waals surface area contributed by atoms with Crippen LogP contribution in [0, 0.1) is 17.8 Å². The van der Waals surface area contributed by atoms with Crippen LogP contribution in [0.25, 0.3) is 0 Å². The zero-order valence-corrected chi connectivity index (χ0v) is 34.3. The second kappa shape index (κ2) is 16.3. The zero-order chi connectivity index (χ0) is 39.0. The highest BCUT2D eigenvalue weighted by atomic mass is 35.5. The maximum Gasteiger partial charge on any atom is 0.286 e. The SMILES string of the molecule is CO[C@H]1/C=C/C[C@H](C)C[S@@](=O)(NC(=O)c2cc(CN3CCOCC3)n(C)c2)=NC(=O)c2ccc3c(c2)N(C[C@@H]2CC[C@H]21)C[C@@]1(CCCc2cc(Cl)ccc21)CO3. The number of hydrogen-bond donors (Lipinski definition) is 1. The summed E-state index contributed by atoms with van der Waals surface area (Å²) in [6, 6.07) is 13.5. The van der Waals surface area contributed by atoms with Gasteiger partial charge in [0.15, 0.2) is 0 Å². The van der Waals surface area contributed by atoms with E-state index in [1.165, 1.54) is 11.1 Å². The summed E-state index contributed by atoms with van der Waals surface area (Å²) in [7, 11) is 0.120. The van der Waals surface area contributed by atoms with Gasteiger partial charge in [0.25, 0.3) is 11.8 Å². The zero-order valence-electron chi connectivity index (χ0n) is 32.7. The van der Waals surface area contributed by atoms with Gasteiger partial charge in [0, 0.05) is 74.8 Å². The standard InChI is InChI=1S/C43H54ClN5O6S/c1-29-6-4-8-39(53-3)36-12-9-32(36)24-49-27-43(15-5-7-30-20-34(44)11-13-37(30)43)28-55-40-14-10-31(22-38(40)49)41(50)45-56(52,26-29)46-42(51)33-21-35(47(2)23-33)25-48-16-18-54-19-17-48/h4,8,10-11,13-14,20-23,29,32,36,39H,5-7,9,12,15-19,24-28H2,1-3H3,(H,45,46,50,51,52)/b8-4+/t29-,32-,36+,39-,43-,56-/m0/s1. The minimum atomic E-state index is -3.55. The quantitative estimate of drug-likeness (QED) is 0.288. The van der Waals surface area contributed by atoms with Gasteiger partial charge in [-0.1, -0.05) is 36.7 Å². The van der Waals surface area contributed by atoms with Crippen molar-refractivity contribution in [3.63, 3.8) is 0 Å². The van der Waals surface area contributed by atoms with E-state index in [0.717, 1.165) is 74.7 Å². The topological polar surface area (TPSA) is 115 Å². The molecule has 1 saturated heterocycles. The van der Waals surface area contributed by atoms with Gasteiger partial charge in [0.1, 0.15) is 15.7 Å². The van der Waals surface area contributed by atoms with Crippen LogP contribution in [0.4, 0.5) is 5.69 Å². The van der Waals surface area contributed by atoms with Gasteiger partial charge in [-0.3, -0.25) is 19.2 Å². The minimum Gasteiger partial charge on any atom is -0.490 e. The molecule has 13 heteroatoms. The molecule has 300 valence electrons. The van der Waals surface area contributed by atoms with Crippen LogP contribution in [-0.2, 0) is 44.8 Å². The van der Waals surface area contributed by atoms with Crippen molar-refractivity contribution in [1.82, 2.24) is 14.2 Å². The normalized spacial score (nSPS) is 30.2. The molecule has 2 bridgehead atoms. The molecule has 2 amide bonds. The lowest BCUT2D eigenvalue weighted by molar-refractivity contribution is 0.0131. The van der Waals surface area contributed by atoms with E-state index in [0.29, 0.717) is 61.5 Å². The highest BCUT2D eigenvalue weighted by Crippen LogP contribution is 2.47. The van der Waals surface area contributed by atoms with Crippen LogP contribution in [0.5, 0.6) is 5.75 Å². The molecule has 1 saturated carbocycles. The van der Waals surface area contributed by atoms with Crippen molar-refractivity contribution in [2.45, 2.75) is 63.5 Å². The lowest BCUT2D eigenvalue weighted by atomic mass is 9.68. The van der Waals surface area contributed by atoms with Crippen molar-refractivity contribution in [2.24, 2.45) is 29.2 Å². The first-order chi connectivity index (χ1) is 27.0. The van der Waals surface area contributed by atoms with Gasteiger partial charge in [-0.2, -0.15) is 0 Å². The first-order valence-electron chi connectivity index (χ1n) is 20.1. The first kappa shape index (κ1) is 39.2.